The number of hydrogen-bond acceptors (Lipinski definition) is 4. The van der Waals surface area contributed by atoms with Crippen molar-refractivity contribution in [3.63, 3.8) is 0 Å². The topological polar surface area (TPSA) is 55.5 Å². The molecule has 0 radical (unpaired) electrons. The Morgan fingerprint density at radius 3 is 3.13 bits per heavy atom. The van der Waals surface area contributed by atoms with Crippen LogP contribution in [0.15, 0.2) is 34.0 Å². The first kappa shape index (κ1) is 8.38. The second-order valence-corrected chi connectivity index (χ2v) is 3.74. The summed E-state index contributed by atoms with van der Waals surface area (Å²) in [6.45, 7) is 0. The molecule has 1 aliphatic rings. The van der Waals surface area contributed by atoms with Gasteiger partial charge >= 0.3 is 0 Å². The van der Waals surface area contributed by atoms with Crippen molar-refractivity contribution in [1.29, 1.82) is 0 Å². The van der Waals surface area contributed by atoms with Gasteiger partial charge in [0.2, 0.25) is 11.8 Å². The summed E-state index contributed by atoms with van der Waals surface area (Å²) >= 11 is 0. The predicted molar refractivity (Wildman–Crippen MR) is 53.0 cm³/mol. The van der Waals surface area contributed by atoms with Gasteiger partial charge < -0.3 is 4.42 Å². The van der Waals surface area contributed by atoms with Gasteiger partial charge in [0.1, 0.15) is 5.54 Å². The maximum Gasteiger partial charge on any atom is 0.235 e. The summed E-state index contributed by atoms with van der Waals surface area (Å²) in [4.78, 5) is 18.3. The quantitative estimate of drug-likeness (QED) is 0.551. The molecule has 4 heteroatoms. The van der Waals surface area contributed by atoms with Gasteiger partial charge in [0.15, 0.2) is 0 Å². The monoisotopic (exact) mass is 200 g/mol. The van der Waals surface area contributed by atoms with Gasteiger partial charge in [-0.05, 0) is 25.0 Å². The standard InChI is InChI=1S/C11H8N2O2/c14-7-13-11(3-4-11)9-6-15-10-8(9)2-1-5-12-10/h1-2,5-6H,3-4H2. The van der Waals surface area contributed by atoms with Crippen LogP contribution in [0.3, 0.4) is 0 Å². The molecule has 0 N–H and O–H groups in total. The highest BCUT2D eigenvalue weighted by Gasteiger charge is 2.47. The molecule has 0 spiro atoms. The van der Waals surface area contributed by atoms with Crippen LogP contribution in [0.2, 0.25) is 0 Å². The first-order valence-electron chi connectivity index (χ1n) is 4.77. The van der Waals surface area contributed by atoms with Crippen LogP contribution in [0.5, 0.6) is 0 Å². The Bertz CT molecular complexity index is 563. The van der Waals surface area contributed by atoms with Crippen molar-refractivity contribution in [2.24, 2.45) is 4.99 Å². The van der Waals surface area contributed by atoms with Crippen LogP contribution in [-0.4, -0.2) is 11.1 Å². The Labute approximate surface area is 85.6 Å². The molecule has 1 saturated carbocycles. The van der Waals surface area contributed by atoms with Crippen molar-refractivity contribution in [1.82, 2.24) is 4.98 Å². The molecule has 74 valence electrons. The van der Waals surface area contributed by atoms with E-state index in [-0.39, 0.29) is 5.54 Å². The highest BCUT2D eigenvalue weighted by Crippen LogP contribution is 2.51. The molecule has 0 atom stereocenters. The minimum Gasteiger partial charge on any atom is -0.446 e. The number of isocyanates is 1. The lowest BCUT2D eigenvalue weighted by Gasteiger charge is -2.03. The third-order valence-electron chi connectivity index (χ3n) is 2.83. The zero-order valence-electron chi connectivity index (χ0n) is 7.93. The third-order valence-corrected chi connectivity index (χ3v) is 2.83. The minimum absolute atomic E-state index is 0.379. The number of pyridine rings is 1. The normalized spacial score (nSPS) is 17.3. The number of furan rings is 1. The summed E-state index contributed by atoms with van der Waals surface area (Å²) in [6.07, 6.45) is 6.72. The highest BCUT2D eigenvalue weighted by molar-refractivity contribution is 5.79. The van der Waals surface area contributed by atoms with Crippen molar-refractivity contribution in [2.45, 2.75) is 18.4 Å². The van der Waals surface area contributed by atoms with Crippen molar-refractivity contribution < 1.29 is 9.21 Å². The Kier molecular flexibility index (Phi) is 1.55. The van der Waals surface area contributed by atoms with Gasteiger partial charge in [0, 0.05) is 17.1 Å². The second-order valence-electron chi connectivity index (χ2n) is 3.74. The highest BCUT2D eigenvalue weighted by atomic mass is 16.3. The first-order chi connectivity index (χ1) is 7.36. The molecular formula is C11H8N2O2. The summed E-state index contributed by atoms with van der Waals surface area (Å²) in [7, 11) is 0. The molecule has 1 aliphatic carbocycles. The predicted octanol–water partition coefficient (Wildman–Crippen LogP) is 2.15. The van der Waals surface area contributed by atoms with Crippen LogP contribution >= 0.6 is 0 Å². The number of carbonyl (C=O) groups excluding carboxylic acids is 1. The molecule has 3 rings (SSSR count). The van der Waals surface area contributed by atoms with Crippen molar-refractivity contribution in [3.8, 4) is 0 Å². The maximum atomic E-state index is 10.4. The summed E-state index contributed by atoms with van der Waals surface area (Å²) in [6, 6.07) is 3.78. The minimum atomic E-state index is -0.379. The van der Waals surface area contributed by atoms with Crippen LogP contribution in [0.4, 0.5) is 0 Å². The molecule has 0 saturated heterocycles. The fraction of sp³-hybridized carbons (Fsp3) is 0.273. The molecular weight excluding hydrogens is 192 g/mol. The number of aliphatic imine (C=N–C) groups is 1. The molecule has 1 fully saturated rings. The van der Waals surface area contributed by atoms with E-state index in [0.29, 0.717) is 5.71 Å². The molecule has 4 nitrogen and oxygen atoms in total. The van der Waals surface area contributed by atoms with Gasteiger partial charge in [0.05, 0.1) is 6.26 Å². The van der Waals surface area contributed by atoms with Crippen molar-refractivity contribution in [2.75, 3.05) is 0 Å². The van der Waals surface area contributed by atoms with Crippen LogP contribution in [0.1, 0.15) is 18.4 Å². The lowest BCUT2D eigenvalue weighted by Crippen LogP contribution is -2.00. The molecule has 0 unspecified atom stereocenters. The van der Waals surface area contributed by atoms with Gasteiger partial charge in [-0.3, -0.25) is 0 Å². The summed E-state index contributed by atoms with van der Waals surface area (Å²) < 4.78 is 5.32. The zero-order chi connectivity index (χ0) is 10.3. The molecule has 0 amide bonds. The Morgan fingerprint density at radius 1 is 1.53 bits per heavy atom. The van der Waals surface area contributed by atoms with E-state index in [1.165, 1.54) is 0 Å². The number of nitrogens with zero attached hydrogens (tertiary/aromatic N) is 2. The van der Waals surface area contributed by atoms with Crippen LogP contribution in [0, 0.1) is 0 Å². The lowest BCUT2D eigenvalue weighted by atomic mass is 10.1. The van der Waals surface area contributed by atoms with Gasteiger partial charge in [-0.2, -0.15) is 4.99 Å². The van der Waals surface area contributed by atoms with E-state index >= 15 is 0 Å². The molecule has 0 bridgehead atoms. The fourth-order valence-electron chi connectivity index (χ4n) is 1.88. The Balaban J connectivity index is 2.24. The Morgan fingerprint density at radius 2 is 2.40 bits per heavy atom. The van der Waals surface area contributed by atoms with E-state index in [1.807, 2.05) is 12.1 Å². The smallest absolute Gasteiger partial charge is 0.235 e. The van der Waals surface area contributed by atoms with E-state index in [4.69, 9.17) is 4.42 Å². The van der Waals surface area contributed by atoms with Crippen LogP contribution < -0.4 is 0 Å². The van der Waals surface area contributed by atoms with Gasteiger partial charge in [-0.25, -0.2) is 9.78 Å². The molecule has 0 aromatic carbocycles. The second kappa shape index (κ2) is 2.78. The van der Waals surface area contributed by atoms with Crippen LogP contribution in [0.25, 0.3) is 11.1 Å². The van der Waals surface area contributed by atoms with Crippen molar-refractivity contribution in [3.05, 3.63) is 30.2 Å². The number of rotatable bonds is 2. The molecule has 2 aromatic heterocycles. The molecule has 2 aromatic rings. The van der Waals surface area contributed by atoms with E-state index in [9.17, 15) is 4.79 Å². The molecule has 15 heavy (non-hydrogen) atoms. The summed E-state index contributed by atoms with van der Waals surface area (Å²) in [5.41, 5.74) is 1.17. The van der Waals surface area contributed by atoms with E-state index in [1.54, 1.807) is 18.5 Å². The number of fused-ring (bicyclic) bond motifs is 1. The number of hydrogen-bond donors (Lipinski definition) is 0. The Hall–Kier alpha value is -1.93. The first-order valence-corrected chi connectivity index (χ1v) is 4.77. The zero-order valence-corrected chi connectivity index (χ0v) is 7.93. The van der Waals surface area contributed by atoms with E-state index in [0.717, 1.165) is 23.8 Å². The van der Waals surface area contributed by atoms with Gasteiger partial charge in [-0.1, -0.05) is 0 Å². The van der Waals surface area contributed by atoms with Crippen LogP contribution in [-0.2, 0) is 10.3 Å². The molecule has 2 heterocycles. The van der Waals surface area contributed by atoms with E-state index in [2.05, 4.69) is 9.98 Å². The summed E-state index contributed by atoms with van der Waals surface area (Å²) in [5, 5.41) is 0.939. The van der Waals surface area contributed by atoms with Gasteiger partial charge in [-0.15, -0.1) is 0 Å². The van der Waals surface area contributed by atoms with Crippen molar-refractivity contribution >= 4 is 17.2 Å². The number of aromatic nitrogens is 1. The summed E-state index contributed by atoms with van der Waals surface area (Å²) in [5.74, 6) is 0. The molecule has 0 aliphatic heterocycles. The lowest BCUT2D eigenvalue weighted by molar-refractivity contribution is 0.554. The van der Waals surface area contributed by atoms with Gasteiger partial charge in [0.25, 0.3) is 0 Å². The maximum absolute atomic E-state index is 10.4. The SMILES string of the molecule is O=C=NC1(c2coc3ncccc23)CC1. The largest absolute Gasteiger partial charge is 0.446 e. The fourth-order valence-corrected chi connectivity index (χ4v) is 1.88. The average Bonchev–Trinajstić information content (AvgIpc) is 2.91. The average molecular weight is 200 g/mol. The van der Waals surface area contributed by atoms with E-state index < -0.39 is 0 Å². The third kappa shape index (κ3) is 1.12.